The Kier molecular flexibility index (Phi) is 8.24. The van der Waals surface area contributed by atoms with Crippen LogP contribution in [0.3, 0.4) is 0 Å². The summed E-state index contributed by atoms with van der Waals surface area (Å²) in [5, 5.41) is 0.809. The van der Waals surface area contributed by atoms with Gasteiger partial charge >= 0.3 is 0 Å². The van der Waals surface area contributed by atoms with E-state index in [4.69, 9.17) is 11.6 Å². The minimum Gasteiger partial charge on any atom is -0.153 e. The number of benzene rings is 3. The fourth-order valence-corrected chi connectivity index (χ4v) is 6.90. The van der Waals surface area contributed by atoms with Gasteiger partial charge in [-0.15, -0.1) is 0 Å². The average molecular weight is 515 g/mol. The van der Waals surface area contributed by atoms with Crippen molar-refractivity contribution < 1.29 is 4.57 Å². The third-order valence-corrected chi connectivity index (χ3v) is 8.77. The molecule has 1 aliphatic carbocycles. The molecular weight excluding hydrogens is 478 g/mol. The van der Waals surface area contributed by atoms with Crippen LogP contribution in [0.25, 0.3) is 27.9 Å². The monoisotopic (exact) mass is 514 g/mol. The van der Waals surface area contributed by atoms with Gasteiger partial charge in [0.05, 0.1) is 16.0 Å². The average Bonchev–Trinajstić information content (AvgIpc) is 3.34. The van der Waals surface area contributed by atoms with Crippen molar-refractivity contribution in [3.05, 3.63) is 92.9 Å². The molecular formula is C33H37ClNS+. The zero-order chi connectivity index (χ0) is 24.9. The van der Waals surface area contributed by atoms with Gasteiger partial charge in [-0.2, -0.15) is 4.57 Å². The number of aromatic nitrogens is 1. The quantitative estimate of drug-likeness (QED) is 0.196. The first-order valence-corrected chi connectivity index (χ1v) is 15.0. The zero-order valence-electron chi connectivity index (χ0n) is 21.7. The maximum Gasteiger partial charge on any atom is 0.231 e. The SMILES string of the molecule is CCCCc1ccccc1-c1cc(Cl)cc(-c2ccccc2CCCC)c1-[n+]1csc2c1CCCC2. The predicted molar refractivity (Wildman–Crippen MR) is 156 cm³/mol. The highest BCUT2D eigenvalue weighted by Gasteiger charge is 2.31. The van der Waals surface area contributed by atoms with Crippen LogP contribution in [0.2, 0.25) is 5.02 Å². The van der Waals surface area contributed by atoms with Crippen LogP contribution in [-0.4, -0.2) is 0 Å². The summed E-state index contributed by atoms with van der Waals surface area (Å²) in [6.45, 7) is 4.54. The van der Waals surface area contributed by atoms with Crippen LogP contribution in [0, 0.1) is 0 Å². The van der Waals surface area contributed by atoms with Gasteiger partial charge in [0.2, 0.25) is 16.9 Å². The third-order valence-electron chi connectivity index (χ3n) is 7.51. The molecule has 0 saturated carbocycles. The van der Waals surface area contributed by atoms with Crippen LogP contribution in [-0.2, 0) is 25.7 Å². The maximum atomic E-state index is 6.93. The minimum atomic E-state index is 0.809. The molecule has 186 valence electrons. The topological polar surface area (TPSA) is 3.88 Å². The molecule has 0 unspecified atom stereocenters. The Labute approximate surface area is 225 Å². The van der Waals surface area contributed by atoms with Crippen LogP contribution in [0.15, 0.2) is 66.2 Å². The second-order valence-electron chi connectivity index (χ2n) is 10.0. The summed E-state index contributed by atoms with van der Waals surface area (Å²) >= 11 is 8.86. The van der Waals surface area contributed by atoms with Gasteiger partial charge < -0.3 is 0 Å². The fourth-order valence-electron chi connectivity index (χ4n) is 5.62. The number of fused-ring (bicyclic) bond motifs is 1. The predicted octanol–water partition coefficient (Wildman–Crippen LogP) is 9.58. The van der Waals surface area contributed by atoms with Gasteiger partial charge in [-0.3, -0.25) is 0 Å². The van der Waals surface area contributed by atoms with E-state index in [1.54, 1.807) is 4.88 Å². The first kappa shape index (κ1) is 25.2. The van der Waals surface area contributed by atoms with E-state index >= 15 is 0 Å². The summed E-state index contributed by atoms with van der Waals surface area (Å²) in [4.78, 5) is 1.55. The summed E-state index contributed by atoms with van der Waals surface area (Å²) in [5.74, 6) is 0. The molecule has 1 nitrogen and oxygen atoms in total. The Morgan fingerprint density at radius 2 is 1.31 bits per heavy atom. The molecule has 0 spiro atoms. The Hall–Kier alpha value is -2.42. The van der Waals surface area contributed by atoms with E-state index in [1.807, 2.05) is 11.3 Å². The number of rotatable bonds is 9. The third kappa shape index (κ3) is 5.17. The van der Waals surface area contributed by atoms with E-state index in [9.17, 15) is 0 Å². The van der Waals surface area contributed by atoms with Crippen molar-refractivity contribution in [3.63, 3.8) is 0 Å². The Morgan fingerprint density at radius 3 is 1.89 bits per heavy atom. The molecule has 0 aliphatic heterocycles. The zero-order valence-corrected chi connectivity index (χ0v) is 23.2. The molecule has 0 saturated heterocycles. The van der Waals surface area contributed by atoms with E-state index in [0.717, 1.165) is 24.3 Å². The van der Waals surface area contributed by atoms with Crippen LogP contribution < -0.4 is 4.57 Å². The van der Waals surface area contributed by atoms with Gasteiger partial charge in [0, 0.05) is 11.4 Å². The van der Waals surface area contributed by atoms with Crippen molar-refractivity contribution >= 4 is 22.9 Å². The molecule has 0 N–H and O–H groups in total. The second-order valence-corrected chi connectivity index (χ2v) is 11.4. The highest BCUT2D eigenvalue weighted by atomic mass is 35.5. The lowest BCUT2D eigenvalue weighted by molar-refractivity contribution is -0.598. The van der Waals surface area contributed by atoms with Crippen molar-refractivity contribution in [2.75, 3.05) is 0 Å². The number of nitrogens with zero attached hydrogens (tertiary/aromatic N) is 1. The van der Waals surface area contributed by atoms with Gasteiger partial charge in [-0.25, -0.2) is 0 Å². The number of unbranched alkanes of at least 4 members (excludes halogenated alkanes) is 2. The molecule has 1 aromatic heterocycles. The number of hydrogen-bond donors (Lipinski definition) is 0. The van der Waals surface area contributed by atoms with E-state index < -0.39 is 0 Å². The highest BCUT2D eigenvalue weighted by molar-refractivity contribution is 7.09. The lowest BCUT2D eigenvalue weighted by atomic mass is 9.89. The number of halogens is 1. The summed E-state index contributed by atoms with van der Waals surface area (Å²) in [5.41, 5.74) is 13.1. The van der Waals surface area contributed by atoms with Gasteiger partial charge in [-0.05, 0) is 79.3 Å². The van der Waals surface area contributed by atoms with Crippen LogP contribution in [0.1, 0.15) is 74.1 Å². The van der Waals surface area contributed by atoms with Crippen LogP contribution in [0.5, 0.6) is 0 Å². The van der Waals surface area contributed by atoms with Crippen molar-refractivity contribution in [2.45, 2.75) is 78.1 Å². The molecule has 0 fully saturated rings. The number of thiazole rings is 1. The molecule has 3 aromatic carbocycles. The van der Waals surface area contributed by atoms with E-state index in [-0.39, 0.29) is 0 Å². The summed E-state index contributed by atoms with van der Waals surface area (Å²) < 4.78 is 2.52. The van der Waals surface area contributed by atoms with Crippen LogP contribution in [0.4, 0.5) is 0 Å². The Bertz CT molecular complexity index is 1260. The molecule has 3 heteroatoms. The molecule has 0 amide bonds. The van der Waals surface area contributed by atoms with Gasteiger partial charge in [0.15, 0.2) is 0 Å². The largest absolute Gasteiger partial charge is 0.231 e. The van der Waals surface area contributed by atoms with E-state index in [2.05, 4.69) is 84.6 Å². The smallest absolute Gasteiger partial charge is 0.153 e. The first-order valence-electron chi connectivity index (χ1n) is 13.7. The normalized spacial score (nSPS) is 13.1. The molecule has 1 aliphatic rings. The number of hydrogen-bond acceptors (Lipinski definition) is 1. The second kappa shape index (κ2) is 11.8. The van der Waals surface area contributed by atoms with Crippen molar-refractivity contribution in [1.29, 1.82) is 0 Å². The summed E-state index contributed by atoms with van der Waals surface area (Å²) in [6, 6.07) is 22.3. The highest BCUT2D eigenvalue weighted by Crippen LogP contribution is 2.40. The molecule has 4 aromatic rings. The number of aryl methyl sites for hydroxylation is 3. The lowest BCUT2D eigenvalue weighted by Crippen LogP contribution is -2.35. The van der Waals surface area contributed by atoms with E-state index in [0.29, 0.717) is 0 Å². The summed E-state index contributed by atoms with van der Waals surface area (Å²) in [7, 11) is 0. The standard InChI is InChI=1S/C33H37ClNS/c1-3-5-13-24-15-7-9-17-27(24)29-21-26(34)22-30(28-18-10-8-16-25(28)14-6-4-2)33(29)35-23-36-32-20-12-11-19-31(32)35/h7-10,15-18,21-23H,3-6,11-14,19-20H2,1-2H3/q+1. The lowest BCUT2D eigenvalue weighted by Gasteiger charge is -2.17. The van der Waals surface area contributed by atoms with Crippen molar-refractivity contribution in [1.82, 2.24) is 0 Å². The van der Waals surface area contributed by atoms with Gasteiger partial charge in [0.25, 0.3) is 0 Å². The van der Waals surface area contributed by atoms with Gasteiger partial charge in [0.1, 0.15) is 0 Å². The van der Waals surface area contributed by atoms with E-state index in [1.165, 1.54) is 89.7 Å². The first-order chi connectivity index (χ1) is 17.7. The van der Waals surface area contributed by atoms with Crippen molar-refractivity contribution in [2.24, 2.45) is 0 Å². The summed E-state index contributed by atoms with van der Waals surface area (Å²) in [6.07, 6.45) is 11.9. The fraction of sp³-hybridized carbons (Fsp3) is 0.364. The molecule has 0 bridgehead atoms. The molecule has 0 radical (unpaired) electrons. The van der Waals surface area contributed by atoms with Crippen molar-refractivity contribution in [3.8, 4) is 27.9 Å². The molecule has 5 rings (SSSR count). The molecule has 1 heterocycles. The Balaban J connectivity index is 1.80. The minimum absolute atomic E-state index is 0.809. The maximum absolute atomic E-state index is 6.93. The molecule has 0 atom stereocenters. The van der Waals surface area contributed by atoms with Crippen LogP contribution >= 0.6 is 22.9 Å². The van der Waals surface area contributed by atoms with Gasteiger partial charge in [-0.1, -0.05) is 98.2 Å². The molecule has 36 heavy (non-hydrogen) atoms. The Morgan fingerprint density at radius 1 is 0.750 bits per heavy atom.